The molecule has 1 heterocycles. The van der Waals surface area contributed by atoms with E-state index in [0.29, 0.717) is 10.8 Å². The van der Waals surface area contributed by atoms with Crippen LogP contribution in [0, 0.1) is 5.92 Å². The van der Waals surface area contributed by atoms with Crippen LogP contribution in [0.25, 0.3) is 0 Å². The van der Waals surface area contributed by atoms with Crippen molar-refractivity contribution in [3.63, 3.8) is 0 Å². The molecule has 0 amide bonds. The van der Waals surface area contributed by atoms with Crippen molar-refractivity contribution >= 4 is 11.9 Å². The average Bonchev–Trinajstić information content (AvgIpc) is 2.35. The van der Waals surface area contributed by atoms with Crippen molar-refractivity contribution in [2.75, 3.05) is 6.54 Å². The fourth-order valence-corrected chi connectivity index (χ4v) is 2.70. The van der Waals surface area contributed by atoms with Crippen LogP contribution in [0.15, 0.2) is 23.1 Å². The summed E-state index contributed by atoms with van der Waals surface area (Å²) in [7, 11) is 0. The lowest BCUT2D eigenvalue weighted by molar-refractivity contribution is -0.137. The lowest BCUT2D eigenvalue weighted by atomic mass is 10.00. The molecule has 1 N–H and O–H groups in total. The number of rotatable bonds is 0. The maximum atomic E-state index is 12.5. The van der Waals surface area contributed by atoms with E-state index < -0.39 is 11.7 Å². The number of hydrogen-bond acceptors (Lipinski definition) is 2. The zero-order valence-electron chi connectivity index (χ0n) is 8.77. The van der Waals surface area contributed by atoms with Crippen molar-refractivity contribution in [3.8, 4) is 0 Å². The zero-order chi connectivity index (χ0) is 11.8. The van der Waals surface area contributed by atoms with Crippen LogP contribution in [0.3, 0.4) is 0 Å². The third-order valence-corrected chi connectivity index (χ3v) is 3.49. The van der Waals surface area contributed by atoms with Crippen molar-refractivity contribution in [2.24, 2.45) is 5.92 Å². The minimum atomic E-state index is -4.26. The first-order valence-electron chi connectivity index (χ1n) is 5.06. The van der Waals surface area contributed by atoms with E-state index in [1.165, 1.54) is 18.0 Å². The van der Waals surface area contributed by atoms with Gasteiger partial charge in [-0.1, -0.05) is 13.0 Å². The molecule has 0 aromatic heterocycles. The number of hydrogen-bond donors (Lipinski definition) is 1. The summed E-state index contributed by atoms with van der Waals surface area (Å²) >= 11 is 1.29. The molecule has 0 radical (unpaired) electrons. The molecule has 88 valence electrons. The summed E-state index contributed by atoms with van der Waals surface area (Å²) in [5, 5.41) is 0. The first kappa shape index (κ1) is 11.8. The number of halogens is 3. The van der Waals surface area contributed by atoms with E-state index in [2.05, 4.69) is 11.6 Å². The molecule has 1 nitrogen and oxygen atoms in total. The van der Waals surface area contributed by atoms with E-state index >= 15 is 0 Å². The van der Waals surface area contributed by atoms with Crippen LogP contribution in [0.2, 0.25) is 0 Å². The van der Waals surface area contributed by atoms with Gasteiger partial charge in [0.2, 0.25) is 0 Å². The fraction of sp³-hybridized carbons (Fsp3) is 0.455. The molecule has 1 aliphatic heterocycles. The van der Waals surface area contributed by atoms with Gasteiger partial charge in [-0.15, -0.1) is 0 Å². The molecule has 0 saturated heterocycles. The van der Waals surface area contributed by atoms with Gasteiger partial charge < -0.3 is 0 Å². The van der Waals surface area contributed by atoms with Gasteiger partial charge in [0.1, 0.15) is 0 Å². The predicted molar refractivity (Wildman–Crippen MR) is 58.2 cm³/mol. The molecule has 1 aliphatic rings. The number of alkyl halides is 3. The Morgan fingerprint density at radius 1 is 1.38 bits per heavy atom. The lowest BCUT2D eigenvalue weighted by Crippen LogP contribution is -2.12. The quantitative estimate of drug-likeness (QED) is 0.704. The fourth-order valence-electron chi connectivity index (χ4n) is 1.70. The Labute approximate surface area is 96.6 Å². The molecule has 5 heteroatoms. The van der Waals surface area contributed by atoms with Crippen LogP contribution in [-0.4, -0.2) is 6.54 Å². The highest BCUT2D eigenvalue weighted by molar-refractivity contribution is 7.97. The van der Waals surface area contributed by atoms with Gasteiger partial charge in [0, 0.05) is 11.4 Å². The number of benzene rings is 1. The zero-order valence-corrected chi connectivity index (χ0v) is 9.58. The molecule has 0 saturated carbocycles. The van der Waals surface area contributed by atoms with Gasteiger partial charge in [-0.2, -0.15) is 13.2 Å². The summed E-state index contributed by atoms with van der Waals surface area (Å²) in [4.78, 5) is 0.694. The molecule has 1 aromatic rings. The molecule has 1 aromatic carbocycles. The van der Waals surface area contributed by atoms with Crippen LogP contribution in [0.5, 0.6) is 0 Å². The van der Waals surface area contributed by atoms with Crippen molar-refractivity contribution in [1.82, 2.24) is 4.72 Å². The van der Waals surface area contributed by atoms with Gasteiger partial charge >= 0.3 is 6.18 Å². The van der Waals surface area contributed by atoms with E-state index in [1.54, 1.807) is 6.07 Å². The third kappa shape index (κ3) is 2.52. The number of fused-ring (bicyclic) bond motifs is 1. The smallest absolute Gasteiger partial charge is 0.260 e. The molecule has 0 spiro atoms. The predicted octanol–water partition coefficient (Wildman–Crippen LogP) is 3.49. The molecule has 0 aliphatic carbocycles. The summed E-state index contributed by atoms with van der Waals surface area (Å²) in [6.45, 7) is 2.90. The highest BCUT2D eigenvalue weighted by Crippen LogP contribution is 2.34. The average molecular weight is 247 g/mol. The maximum absolute atomic E-state index is 12.5. The van der Waals surface area contributed by atoms with Gasteiger partial charge in [0.25, 0.3) is 0 Å². The molecular weight excluding hydrogens is 235 g/mol. The van der Waals surface area contributed by atoms with Crippen LogP contribution in [0.1, 0.15) is 18.1 Å². The number of nitrogens with one attached hydrogen (secondary N) is 1. The van der Waals surface area contributed by atoms with Crippen LogP contribution in [-0.2, 0) is 12.6 Å². The van der Waals surface area contributed by atoms with Crippen molar-refractivity contribution in [3.05, 3.63) is 29.3 Å². The van der Waals surface area contributed by atoms with E-state index in [9.17, 15) is 13.2 Å². The second-order valence-corrected chi connectivity index (χ2v) is 5.01. The summed E-state index contributed by atoms with van der Waals surface area (Å²) in [6.07, 6.45) is -3.43. The highest BCUT2D eigenvalue weighted by Gasteiger charge is 2.31. The minimum absolute atomic E-state index is 0.450. The standard InChI is InChI=1S/C11H12F3NS/c1-7-4-8-2-3-9(11(12,13)14)5-10(8)16-15-6-7/h2-3,5,7,15H,4,6H2,1H3. The summed E-state index contributed by atoms with van der Waals surface area (Å²) in [5.74, 6) is 0.450. The normalized spacial score (nSPS) is 21.4. The van der Waals surface area contributed by atoms with E-state index in [1.807, 2.05) is 0 Å². The van der Waals surface area contributed by atoms with E-state index in [0.717, 1.165) is 24.6 Å². The van der Waals surface area contributed by atoms with Gasteiger partial charge in [-0.3, -0.25) is 4.72 Å². The Kier molecular flexibility index (Phi) is 3.17. The lowest BCUT2D eigenvalue weighted by Gasteiger charge is -2.11. The molecule has 1 atom stereocenters. The molecule has 2 rings (SSSR count). The Morgan fingerprint density at radius 2 is 2.12 bits per heavy atom. The second kappa shape index (κ2) is 4.30. The molecular formula is C11H12F3NS. The third-order valence-electron chi connectivity index (χ3n) is 2.58. The van der Waals surface area contributed by atoms with Gasteiger partial charge in [0.05, 0.1) is 5.56 Å². The Hall–Kier alpha value is -0.680. The topological polar surface area (TPSA) is 12.0 Å². The monoisotopic (exact) mass is 247 g/mol. The Morgan fingerprint density at radius 3 is 2.81 bits per heavy atom. The highest BCUT2D eigenvalue weighted by atomic mass is 32.2. The van der Waals surface area contributed by atoms with Crippen LogP contribution < -0.4 is 4.72 Å². The summed E-state index contributed by atoms with van der Waals surface area (Å²) in [5.41, 5.74) is 0.422. The minimum Gasteiger partial charge on any atom is -0.260 e. The Balaban J connectivity index is 2.35. The first-order valence-corrected chi connectivity index (χ1v) is 5.88. The van der Waals surface area contributed by atoms with Gasteiger partial charge in [0.15, 0.2) is 0 Å². The SMILES string of the molecule is CC1CNSc2cc(C(F)(F)F)ccc2C1. The summed E-state index contributed by atoms with van der Waals surface area (Å²) < 4.78 is 40.6. The van der Waals surface area contributed by atoms with Crippen molar-refractivity contribution in [2.45, 2.75) is 24.4 Å². The van der Waals surface area contributed by atoms with Crippen LogP contribution in [0.4, 0.5) is 13.2 Å². The van der Waals surface area contributed by atoms with Gasteiger partial charge in [-0.25, -0.2) is 0 Å². The van der Waals surface area contributed by atoms with Crippen LogP contribution >= 0.6 is 11.9 Å². The second-order valence-electron chi connectivity index (χ2n) is 4.08. The van der Waals surface area contributed by atoms with Crippen molar-refractivity contribution < 1.29 is 13.2 Å². The Bertz CT molecular complexity index is 389. The van der Waals surface area contributed by atoms with Crippen molar-refractivity contribution in [1.29, 1.82) is 0 Å². The molecule has 0 bridgehead atoms. The molecule has 16 heavy (non-hydrogen) atoms. The maximum Gasteiger partial charge on any atom is 0.416 e. The molecule has 1 unspecified atom stereocenters. The van der Waals surface area contributed by atoms with E-state index in [4.69, 9.17) is 0 Å². The first-order chi connectivity index (χ1) is 7.47. The van der Waals surface area contributed by atoms with E-state index in [-0.39, 0.29) is 0 Å². The van der Waals surface area contributed by atoms with Gasteiger partial charge in [-0.05, 0) is 42.0 Å². The largest absolute Gasteiger partial charge is 0.416 e. The summed E-state index contributed by atoms with van der Waals surface area (Å²) in [6, 6.07) is 3.98. The molecule has 0 fully saturated rings.